The van der Waals surface area contributed by atoms with Crippen molar-refractivity contribution in [2.24, 2.45) is 0 Å². The predicted molar refractivity (Wildman–Crippen MR) is 74.3 cm³/mol. The fourth-order valence-corrected chi connectivity index (χ4v) is 5.10. The van der Waals surface area contributed by atoms with Gasteiger partial charge in [0.05, 0.1) is 6.61 Å². The lowest BCUT2D eigenvalue weighted by Crippen LogP contribution is -2.48. The van der Waals surface area contributed by atoms with E-state index in [9.17, 15) is 0 Å². The smallest absolute Gasteiger partial charge is 0.105 e. The Morgan fingerprint density at radius 2 is 2.33 bits per heavy atom. The number of hydrogen-bond acceptors (Lipinski definition) is 3. The Balaban J connectivity index is 1.74. The highest BCUT2D eigenvalue weighted by Crippen LogP contribution is 2.50. The second-order valence-corrected chi connectivity index (χ2v) is 7.26. The van der Waals surface area contributed by atoms with Gasteiger partial charge in [-0.1, -0.05) is 0 Å². The van der Waals surface area contributed by atoms with Crippen molar-refractivity contribution in [1.29, 1.82) is 0 Å². The molecule has 0 bridgehead atoms. The molecule has 0 radical (unpaired) electrons. The van der Waals surface area contributed by atoms with Crippen LogP contribution in [0.15, 0.2) is 6.07 Å². The third kappa shape index (κ3) is 1.75. The van der Waals surface area contributed by atoms with Crippen molar-refractivity contribution in [2.75, 3.05) is 13.2 Å². The van der Waals surface area contributed by atoms with Crippen molar-refractivity contribution < 1.29 is 4.74 Å². The fourth-order valence-electron chi connectivity index (χ4n) is 3.54. The van der Waals surface area contributed by atoms with E-state index in [1.165, 1.54) is 12.8 Å². The van der Waals surface area contributed by atoms with Crippen molar-refractivity contribution in [3.05, 3.63) is 21.4 Å². The molecule has 2 aliphatic heterocycles. The van der Waals surface area contributed by atoms with E-state index in [1.807, 2.05) is 0 Å². The van der Waals surface area contributed by atoms with E-state index < -0.39 is 0 Å². The molecule has 1 saturated carbocycles. The Hall–Kier alpha value is -0.380. The first-order valence-corrected chi connectivity index (χ1v) is 8.09. The van der Waals surface area contributed by atoms with Crippen LogP contribution >= 0.6 is 11.3 Å². The van der Waals surface area contributed by atoms with Crippen LogP contribution in [-0.4, -0.2) is 19.2 Å². The average Bonchev–Trinajstić information content (AvgIpc) is 3.10. The second-order valence-electron chi connectivity index (χ2n) is 6.18. The second kappa shape index (κ2) is 4.06. The molecule has 4 rings (SSSR count). The highest BCUT2D eigenvalue weighted by Gasteiger charge is 2.43. The van der Waals surface area contributed by atoms with Gasteiger partial charge in [0.25, 0.3) is 0 Å². The first kappa shape index (κ1) is 11.4. The van der Waals surface area contributed by atoms with Crippen LogP contribution in [0.3, 0.4) is 0 Å². The third-order valence-electron chi connectivity index (χ3n) is 4.63. The summed E-state index contributed by atoms with van der Waals surface area (Å²) in [6, 6.07) is 3.07. The van der Waals surface area contributed by atoms with Crippen LogP contribution in [0.1, 0.15) is 53.8 Å². The van der Waals surface area contributed by atoms with E-state index >= 15 is 0 Å². The van der Waals surface area contributed by atoms with Crippen LogP contribution in [0.25, 0.3) is 0 Å². The lowest BCUT2D eigenvalue weighted by atomic mass is 9.83. The number of ether oxygens (including phenoxy) is 1. The average molecular weight is 263 g/mol. The molecule has 0 amide bonds. The zero-order chi connectivity index (χ0) is 12.2. The van der Waals surface area contributed by atoms with Gasteiger partial charge in [-0.05, 0) is 63.1 Å². The zero-order valence-corrected chi connectivity index (χ0v) is 11.8. The summed E-state index contributed by atoms with van der Waals surface area (Å²) in [7, 11) is 0. The van der Waals surface area contributed by atoms with Gasteiger partial charge in [0, 0.05) is 15.8 Å². The van der Waals surface area contributed by atoms with Crippen molar-refractivity contribution in [2.45, 2.75) is 56.6 Å². The molecule has 2 nitrogen and oxygen atoms in total. The Morgan fingerprint density at radius 1 is 1.44 bits per heavy atom. The SMILES string of the molecule is CC1CC2(CCN1)OCCc1cc(C3CC3)sc12. The summed E-state index contributed by atoms with van der Waals surface area (Å²) in [5.41, 5.74) is 1.65. The number of hydrogen-bond donors (Lipinski definition) is 1. The molecule has 0 aromatic carbocycles. The first-order chi connectivity index (χ1) is 8.77. The molecule has 3 aliphatic rings. The largest absolute Gasteiger partial charge is 0.369 e. The van der Waals surface area contributed by atoms with E-state index in [1.54, 1.807) is 15.3 Å². The molecule has 1 aromatic rings. The zero-order valence-electron chi connectivity index (χ0n) is 11.0. The lowest BCUT2D eigenvalue weighted by Gasteiger charge is -2.42. The molecule has 1 N–H and O–H groups in total. The van der Waals surface area contributed by atoms with Crippen molar-refractivity contribution in [3.8, 4) is 0 Å². The molecule has 1 aliphatic carbocycles. The molecule has 3 heteroatoms. The lowest BCUT2D eigenvalue weighted by molar-refractivity contribution is -0.0848. The molecule has 2 unspecified atom stereocenters. The summed E-state index contributed by atoms with van der Waals surface area (Å²) in [4.78, 5) is 3.21. The van der Waals surface area contributed by atoms with Crippen LogP contribution < -0.4 is 5.32 Å². The number of piperidine rings is 1. The van der Waals surface area contributed by atoms with Crippen molar-refractivity contribution in [3.63, 3.8) is 0 Å². The Bertz CT molecular complexity index is 465. The third-order valence-corrected chi connectivity index (χ3v) is 6.15. The summed E-state index contributed by atoms with van der Waals surface area (Å²) in [5.74, 6) is 0.886. The molecular formula is C15H21NOS. The molecular weight excluding hydrogens is 242 g/mol. The van der Waals surface area contributed by atoms with Gasteiger partial charge in [0.1, 0.15) is 5.60 Å². The quantitative estimate of drug-likeness (QED) is 0.840. The number of fused-ring (bicyclic) bond motifs is 2. The van der Waals surface area contributed by atoms with Crippen LogP contribution in [0.4, 0.5) is 0 Å². The summed E-state index contributed by atoms with van der Waals surface area (Å²) in [6.07, 6.45) is 6.23. The van der Waals surface area contributed by atoms with Crippen LogP contribution in [0.5, 0.6) is 0 Å². The molecule has 98 valence electrons. The molecule has 18 heavy (non-hydrogen) atoms. The minimum Gasteiger partial charge on any atom is -0.369 e. The highest BCUT2D eigenvalue weighted by atomic mass is 32.1. The maximum absolute atomic E-state index is 6.29. The molecule has 2 fully saturated rings. The van der Waals surface area contributed by atoms with Gasteiger partial charge in [-0.25, -0.2) is 0 Å². The minimum absolute atomic E-state index is 0.0516. The van der Waals surface area contributed by atoms with Crippen LogP contribution in [0, 0.1) is 0 Å². The van der Waals surface area contributed by atoms with Crippen molar-refractivity contribution >= 4 is 11.3 Å². The highest BCUT2D eigenvalue weighted by molar-refractivity contribution is 7.12. The van der Waals surface area contributed by atoms with E-state index in [2.05, 4.69) is 29.6 Å². The van der Waals surface area contributed by atoms with Gasteiger partial charge < -0.3 is 10.1 Å². The molecule has 2 atom stereocenters. The predicted octanol–water partition coefficient (Wildman–Crippen LogP) is 3.17. The van der Waals surface area contributed by atoms with Gasteiger partial charge in [0.2, 0.25) is 0 Å². The van der Waals surface area contributed by atoms with Gasteiger partial charge in [0.15, 0.2) is 0 Å². The Kier molecular flexibility index (Phi) is 2.58. The summed E-state index contributed by atoms with van der Waals surface area (Å²) < 4.78 is 6.29. The van der Waals surface area contributed by atoms with Crippen LogP contribution in [-0.2, 0) is 16.8 Å². The Morgan fingerprint density at radius 3 is 3.11 bits per heavy atom. The summed E-state index contributed by atoms with van der Waals surface area (Å²) in [5, 5.41) is 3.55. The van der Waals surface area contributed by atoms with E-state index in [4.69, 9.17) is 4.74 Å². The van der Waals surface area contributed by atoms with Gasteiger partial charge in [-0.3, -0.25) is 0 Å². The molecule has 1 saturated heterocycles. The maximum atomic E-state index is 6.29. The van der Waals surface area contributed by atoms with Gasteiger partial charge >= 0.3 is 0 Å². The van der Waals surface area contributed by atoms with Crippen molar-refractivity contribution in [1.82, 2.24) is 5.32 Å². The normalized spacial score (nSPS) is 35.7. The summed E-state index contributed by atoms with van der Waals surface area (Å²) in [6.45, 7) is 4.30. The standard InChI is InChI=1S/C15H21NOS/c1-10-9-15(5-6-16-10)14-12(4-7-17-15)8-13(18-14)11-2-3-11/h8,10-11,16H,2-7,9H2,1H3. The topological polar surface area (TPSA) is 21.3 Å². The number of thiophene rings is 1. The van der Waals surface area contributed by atoms with Crippen LogP contribution in [0.2, 0.25) is 0 Å². The fraction of sp³-hybridized carbons (Fsp3) is 0.733. The number of rotatable bonds is 1. The number of nitrogens with one attached hydrogen (secondary N) is 1. The van der Waals surface area contributed by atoms with E-state index in [0.717, 1.165) is 38.3 Å². The Labute approximate surface area is 113 Å². The monoisotopic (exact) mass is 263 g/mol. The molecule has 1 aromatic heterocycles. The first-order valence-electron chi connectivity index (χ1n) is 7.27. The van der Waals surface area contributed by atoms with E-state index in [-0.39, 0.29) is 5.60 Å². The van der Waals surface area contributed by atoms with Gasteiger partial charge in [-0.2, -0.15) is 0 Å². The van der Waals surface area contributed by atoms with Gasteiger partial charge in [-0.15, -0.1) is 11.3 Å². The molecule has 1 spiro atoms. The maximum Gasteiger partial charge on any atom is 0.105 e. The minimum atomic E-state index is 0.0516. The van der Waals surface area contributed by atoms with E-state index in [0.29, 0.717) is 6.04 Å². The summed E-state index contributed by atoms with van der Waals surface area (Å²) >= 11 is 2.06. The molecule has 3 heterocycles.